The zero-order valence-corrected chi connectivity index (χ0v) is 11.8. The molecule has 22 heavy (non-hydrogen) atoms. The monoisotopic (exact) mass is 316 g/mol. The SMILES string of the molecule is O=C(O)OC1=Cc2cc(C(=O)c3cccc(Cl)c3)c(O)cc21. The van der Waals surface area contributed by atoms with E-state index in [1.807, 2.05) is 0 Å². The van der Waals surface area contributed by atoms with Gasteiger partial charge in [0.25, 0.3) is 0 Å². The van der Waals surface area contributed by atoms with Crippen LogP contribution in [0.3, 0.4) is 0 Å². The van der Waals surface area contributed by atoms with Crippen LogP contribution in [0.15, 0.2) is 36.4 Å². The van der Waals surface area contributed by atoms with E-state index in [1.54, 1.807) is 18.2 Å². The van der Waals surface area contributed by atoms with Crippen molar-refractivity contribution in [1.82, 2.24) is 0 Å². The molecule has 0 saturated heterocycles. The van der Waals surface area contributed by atoms with Crippen LogP contribution in [0.25, 0.3) is 11.8 Å². The Bertz CT molecular complexity index is 838. The van der Waals surface area contributed by atoms with Gasteiger partial charge in [0, 0.05) is 16.1 Å². The number of carbonyl (C=O) groups is 2. The van der Waals surface area contributed by atoms with E-state index >= 15 is 0 Å². The van der Waals surface area contributed by atoms with Crippen molar-refractivity contribution in [3.63, 3.8) is 0 Å². The molecule has 0 aliphatic heterocycles. The van der Waals surface area contributed by atoms with Crippen LogP contribution in [0, 0.1) is 0 Å². The number of rotatable bonds is 3. The van der Waals surface area contributed by atoms with Gasteiger partial charge in [0.2, 0.25) is 0 Å². The van der Waals surface area contributed by atoms with Crippen LogP contribution in [-0.4, -0.2) is 22.2 Å². The number of phenols is 1. The predicted octanol–water partition coefficient (Wildman–Crippen LogP) is 3.78. The summed E-state index contributed by atoms with van der Waals surface area (Å²) in [4.78, 5) is 22.9. The Labute approximate surface area is 130 Å². The van der Waals surface area contributed by atoms with Crippen LogP contribution in [-0.2, 0) is 4.74 Å². The molecule has 2 aromatic rings. The second-order valence-corrected chi connectivity index (χ2v) is 5.11. The van der Waals surface area contributed by atoms with Crippen LogP contribution in [0.2, 0.25) is 5.02 Å². The molecule has 2 aromatic carbocycles. The van der Waals surface area contributed by atoms with Gasteiger partial charge >= 0.3 is 6.16 Å². The Morgan fingerprint density at radius 1 is 1.14 bits per heavy atom. The first-order valence-electron chi connectivity index (χ1n) is 6.26. The molecule has 6 heteroatoms. The van der Waals surface area contributed by atoms with Crippen molar-refractivity contribution in [1.29, 1.82) is 0 Å². The molecule has 0 amide bonds. The van der Waals surface area contributed by atoms with Gasteiger partial charge in [-0.25, -0.2) is 4.79 Å². The first-order chi connectivity index (χ1) is 10.5. The average molecular weight is 317 g/mol. The lowest BCUT2D eigenvalue weighted by atomic mass is 9.90. The highest BCUT2D eigenvalue weighted by atomic mass is 35.5. The number of benzene rings is 2. The van der Waals surface area contributed by atoms with E-state index in [1.165, 1.54) is 24.3 Å². The summed E-state index contributed by atoms with van der Waals surface area (Å²) in [7, 11) is 0. The molecule has 2 N–H and O–H groups in total. The van der Waals surface area contributed by atoms with Gasteiger partial charge in [-0.2, -0.15) is 0 Å². The first kappa shape index (κ1) is 14.2. The minimum atomic E-state index is -1.43. The van der Waals surface area contributed by atoms with Gasteiger partial charge in [-0.05, 0) is 35.9 Å². The van der Waals surface area contributed by atoms with Gasteiger partial charge in [-0.15, -0.1) is 0 Å². The van der Waals surface area contributed by atoms with Gasteiger partial charge in [0.05, 0.1) is 5.56 Å². The number of halogens is 1. The largest absolute Gasteiger partial charge is 0.511 e. The molecule has 0 spiro atoms. The molecule has 0 fully saturated rings. The number of hydrogen-bond acceptors (Lipinski definition) is 4. The zero-order chi connectivity index (χ0) is 15.9. The highest BCUT2D eigenvalue weighted by molar-refractivity contribution is 6.31. The molecule has 110 valence electrons. The second kappa shape index (κ2) is 5.20. The third kappa shape index (κ3) is 2.42. The lowest BCUT2D eigenvalue weighted by molar-refractivity contribution is 0.103. The Balaban J connectivity index is 1.95. The minimum absolute atomic E-state index is 0.117. The summed E-state index contributed by atoms with van der Waals surface area (Å²) in [6.07, 6.45) is 0.0490. The topological polar surface area (TPSA) is 83.8 Å². The van der Waals surface area contributed by atoms with Gasteiger partial charge in [-0.1, -0.05) is 23.7 Å². The van der Waals surface area contributed by atoms with Crippen molar-refractivity contribution < 1.29 is 24.5 Å². The van der Waals surface area contributed by atoms with Crippen molar-refractivity contribution in [2.24, 2.45) is 0 Å². The average Bonchev–Trinajstić information content (AvgIpc) is 2.46. The highest BCUT2D eigenvalue weighted by Crippen LogP contribution is 2.38. The van der Waals surface area contributed by atoms with Crippen LogP contribution < -0.4 is 0 Å². The molecule has 0 heterocycles. The Kier molecular flexibility index (Phi) is 3.35. The lowest BCUT2D eigenvalue weighted by Gasteiger charge is -2.19. The molecule has 0 unspecified atom stereocenters. The normalized spacial score (nSPS) is 12.0. The van der Waals surface area contributed by atoms with Crippen LogP contribution in [0.4, 0.5) is 4.79 Å². The summed E-state index contributed by atoms with van der Waals surface area (Å²) in [6.45, 7) is 0. The van der Waals surface area contributed by atoms with E-state index in [4.69, 9.17) is 16.7 Å². The number of aromatic hydroxyl groups is 1. The minimum Gasteiger partial charge on any atom is -0.507 e. The lowest BCUT2D eigenvalue weighted by Crippen LogP contribution is -2.09. The van der Waals surface area contributed by atoms with Crippen LogP contribution in [0.5, 0.6) is 5.75 Å². The van der Waals surface area contributed by atoms with Crippen molar-refractivity contribution in [3.05, 3.63) is 63.7 Å². The van der Waals surface area contributed by atoms with Gasteiger partial charge in [-0.3, -0.25) is 4.79 Å². The molecule has 1 aliphatic rings. The Morgan fingerprint density at radius 3 is 2.59 bits per heavy atom. The number of ether oxygens (including phenoxy) is 1. The predicted molar refractivity (Wildman–Crippen MR) is 80.0 cm³/mol. The van der Waals surface area contributed by atoms with E-state index in [2.05, 4.69) is 4.74 Å². The maximum absolute atomic E-state index is 12.4. The van der Waals surface area contributed by atoms with Crippen molar-refractivity contribution in [2.45, 2.75) is 0 Å². The summed E-state index contributed by atoms with van der Waals surface area (Å²) < 4.78 is 4.53. The van der Waals surface area contributed by atoms with Crippen molar-refractivity contribution >= 4 is 35.4 Å². The van der Waals surface area contributed by atoms with Gasteiger partial charge in [0.15, 0.2) is 5.78 Å². The number of carbonyl (C=O) groups excluding carboxylic acids is 1. The molecule has 1 aliphatic carbocycles. The Hall–Kier alpha value is -2.79. The quantitative estimate of drug-likeness (QED) is 0.665. The van der Waals surface area contributed by atoms with E-state index in [0.29, 0.717) is 21.7 Å². The number of carboxylic acid groups (broad SMARTS) is 1. The highest BCUT2D eigenvalue weighted by Gasteiger charge is 2.25. The molecular formula is C16H9ClO5. The van der Waals surface area contributed by atoms with Crippen LogP contribution >= 0.6 is 11.6 Å². The summed E-state index contributed by atoms with van der Waals surface area (Å²) >= 11 is 5.86. The summed E-state index contributed by atoms with van der Waals surface area (Å²) in [5, 5.41) is 19.0. The van der Waals surface area contributed by atoms with E-state index in [0.717, 1.165) is 0 Å². The molecule has 0 saturated carbocycles. The van der Waals surface area contributed by atoms with Crippen molar-refractivity contribution in [3.8, 4) is 5.75 Å². The van der Waals surface area contributed by atoms with E-state index in [-0.39, 0.29) is 22.9 Å². The van der Waals surface area contributed by atoms with Crippen molar-refractivity contribution in [2.75, 3.05) is 0 Å². The number of phenolic OH excluding ortho intramolecular Hbond substituents is 1. The fourth-order valence-electron chi connectivity index (χ4n) is 2.22. The third-order valence-corrected chi connectivity index (χ3v) is 3.48. The first-order valence-corrected chi connectivity index (χ1v) is 6.63. The summed E-state index contributed by atoms with van der Waals surface area (Å²) in [6, 6.07) is 9.20. The third-order valence-electron chi connectivity index (χ3n) is 3.25. The number of hydrogen-bond donors (Lipinski definition) is 2. The smallest absolute Gasteiger partial charge is 0.507 e. The van der Waals surface area contributed by atoms with Crippen LogP contribution in [0.1, 0.15) is 27.0 Å². The van der Waals surface area contributed by atoms with E-state index in [9.17, 15) is 14.7 Å². The molecule has 0 atom stereocenters. The molecule has 5 nitrogen and oxygen atoms in total. The van der Waals surface area contributed by atoms with Gasteiger partial charge < -0.3 is 14.9 Å². The maximum atomic E-state index is 12.4. The second-order valence-electron chi connectivity index (χ2n) is 4.67. The maximum Gasteiger partial charge on any atom is 0.511 e. The molecule has 0 aromatic heterocycles. The summed E-state index contributed by atoms with van der Waals surface area (Å²) in [5.74, 6) is -0.480. The zero-order valence-electron chi connectivity index (χ0n) is 11.0. The molecule has 0 bridgehead atoms. The molecular weight excluding hydrogens is 308 g/mol. The standard InChI is InChI=1S/C16H9ClO5/c17-10-3-1-2-8(4-10)15(19)12-5-9-6-14(22-16(20)21)11(9)7-13(12)18/h1-7,18H,(H,20,21). The number of fused-ring (bicyclic) bond motifs is 1. The van der Waals surface area contributed by atoms with Gasteiger partial charge in [0.1, 0.15) is 11.5 Å². The fraction of sp³-hybridized carbons (Fsp3) is 0. The molecule has 3 rings (SSSR count). The summed E-state index contributed by atoms with van der Waals surface area (Å²) in [5.41, 5.74) is 1.54. The Morgan fingerprint density at radius 2 is 1.91 bits per heavy atom. The fourth-order valence-corrected chi connectivity index (χ4v) is 2.41. The molecule has 0 radical (unpaired) electrons. The number of ketones is 1. The van der Waals surface area contributed by atoms with E-state index < -0.39 is 6.16 Å².